The second-order valence-electron chi connectivity index (χ2n) is 7.42. The highest BCUT2D eigenvalue weighted by Gasteiger charge is 2.40. The predicted octanol–water partition coefficient (Wildman–Crippen LogP) is 1.82. The van der Waals surface area contributed by atoms with Gasteiger partial charge in [0.05, 0.1) is 0 Å². The molecule has 2 saturated carbocycles. The number of nitrogens with zero attached hydrogens (tertiary/aromatic N) is 2. The highest BCUT2D eigenvalue weighted by Crippen LogP contribution is 2.48. The van der Waals surface area contributed by atoms with Crippen LogP contribution in [0, 0.1) is 17.8 Å². The molecule has 0 spiro atoms. The third-order valence-corrected chi connectivity index (χ3v) is 6.33. The highest BCUT2D eigenvalue weighted by atomic mass is 35.5. The molecule has 2 saturated heterocycles. The Morgan fingerprint density at radius 1 is 0.950 bits per heavy atom. The molecule has 4 atom stereocenters. The van der Waals surface area contributed by atoms with Gasteiger partial charge in [0.1, 0.15) is 0 Å². The van der Waals surface area contributed by atoms with Crippen molar-refractivity contribution in [2.45, 2.75) is 38.1 Å². The van der Waals surface area contributed by atoms with E-state index < -0.39 is 0 Å². The highest BCUT2D eigenvalue weighted by molar-refractivity contribution is 5.85. The summed E-state index contributed by atoms with van der Waals surface area (Å²) in [5.41, 5.74) is 0. The lowest BCUT2D eigenvalue weighted by atomic mass is 9.88. The molecule has 2 heterocycles. The van der Waals surface area contributed by atoms with Gasteiger partial charge in [-0.1, -0.05) is 6.42 Å². The number of hydrogen-bond acceptors (Lipinski definition) is 3. The average Bonchev–Trinajstić information content (AvgIpc) is 3.17. The summed E-state index contributed by atoms with van der Waals surface area (Å²) in [5.74, 6) is 3.27. The Kier molecular flexibility index (Phi) is 4.91. The van der Waals surface area contributed by atoms with E-state index >= 15 is 0 Å². The summed E-state index contributed by atoms with van der Waals surface area (Å²) in [6, 6.07) is 0.838. The topological polar surface area (TPSA) is 18.5 Å². The lowest BCUT2D eigenvalue weighted by Crippen LogP contribution is -2.52. The van der Waals surface area contributed by atoms with Crippen LogP contribution in [0.3, 0.4) is 0 Å². The molecule has 4 heteroatoms. The summed E-state index contributed by atoms with van der Waals surface area (Å²) in [5, 5.41) is 3.50. The molecule has 2 aliphatic carbocycles. The minimum atomic E-state index is 0. The first kappa shape index (κ1) is 15.1. The standard InChI is InChI=1S/C16H29N3.ClH/c1-2-14-9-13(1)10-15(14)12-18-5-7-19(8-6-18)16-3-4-17-11-16;/h13-17H,1-12H2;1H. The van der Waals surface area contributed by atoms with Crippen LogP contribution in [0.5, 0.6) is 0 Å². The molecule has 4 fully saturated rings. The number of rotatable bonds is 3. The van der Waals surface area contributed by atoms with E-state index in [4.69, 9.17) is 0 Å². The van der Waals surface area contributed by atoms with Crippen molar-refractivity contribution in [1.82, 2.24) is 15.1 Å². The predicted molar refractivity (Wildman–Crippen MR) is 85.5 cm³/mol. The molecule has 1 N–H and O–H groups in total. The molecule has 4 aliphatic rings. The van der Waals surface area contributed by atoms with Crippen molar-refractivity contribution in [2.75, 3.05) is 45.8 Å². The zero-order chi connectivity index (χ0) is 12.7. The SMILES string of the molecule is C1CC(N2CCN(CC3CC4CCC3C4)CC2)CN1.Cl. The van der Waals surface area contributed by atoms with Gasteiger partial charge < -0.3 is 10.2 Å². The Balaban J connectivity index is 0.00000121. The fraction of sp³-hybridized carbons (Fsp3) is 1.00. The van der Waals surface area contributed by atoms with E-state index in [1.54, 1.807) is 25.7 Å². The fourth-order valence-corrected chi connectivity index (χ4v) is 5.19. The lowest BCUT2D eigenvalue weighted by molar-refractivity contribution is 0.0834. The van der Waals surface area contributed by atoms with E-state index in [0.717, 1.165) is 23.8 Å². The van der Waals surface area contributed by atoms with Crippen molar-refractivity contribution < 1.29 is 0 Å². The van der Waals surface area contributed by atoms with Gasteiger partial charge in [-0.25, -0.2) is 0 Å². The zero-order valence-corrected chi connectivity index (χ0v) is 13.4. The van der Waals surface area contributed by atoms with Gasteiger partial charge in [-0.15, -0.1) is 12.4 Å². The van der Waals surface area contributed by atoms with E-state index in [0.29, 0.717) is 0 Å². The molecule has 20 heavy (non-hydrogen) atoms. The van der Waals surface area contributed by atoms with E-state index in [-0.39, 0.29) is 12.4 Å². The van der Waals surface area contributed by atoms with Crippen LogP contribution < -0.4 is 5.32 Å². The normalized spacial score (nSPS) is 42.0. The fourth-order valence-electron chi connectivity index (χ4n) is 5.19. The van der Waals surface area contributed by atoms with Gasteiger partial charge in [-0.3, -0.25) is 4.90 Å². The van der Waals surface area contributed by atoms with Gasteiger partial charge >= 0.3 is 0 Å². The Morgan fingerprint density at radius 2 is 1.80 bits per heavy atom. The van der Waals surface area contributed by atoms with Gasteiger partial charge in [0.25, 0.3) is 0 Å². The quantitative estimate of drug-likeness (QED) is 0.858. The number of hydrogen-bond donors (Lipinski definition) is 1. The lowest BCUT2D eigenvalue weighted by Gasteiger charge is -2.39. The Hall–Kier alpha value is 0.170. The molecule has 4 unspecified atom stereocenters. The summed E-state index contributed by atoms with van der Waals surface area (Å²) in [7, 11) is 0. The van der Waals surface area contributed by atoms with Gasteiger partial charge in [0, 0.05) is 45.3 Å². The smallest absolute Gasteiger partial charge is 0.0233 e. The van der Waals surface area contributed by atoms with Crippen LogP contribution in [-0.2, 0) is 0 Å². The second-order valence-corrected chi connectivity index (χ2v) is 7.42. The Bertz CT molecular complexity index is 311. The minimum Gasteiger partial charge on any atom is -0.315 e. The summed E-state index contributed by atoms with van der Waals surface area (Å²) in [6.07, 6.45) is 7.58. The minimum absolute atomic E-state index is 0. The molecular formula is C16H30ClN3. The van der Waals surface area contributed by atoms with Crippen molar-refractivity contribution in [2.24, 2.45) is 17.8 Å². The molecule has 0 aromatic heterocycles. The van der Waals surface area contributed by atoms with Crippen molar-refractivity contribution in [3.05, 3.63) is 0 Å². The number of halogens is 1. The Labute approximate surface area is 129 Å². The summed E-state index contributed by atoms with van der Waals surface area (Å²) >= 11 is 0. The van der Waals surface area contributed by atoms with Crippen molar-refractivity contribution in [3.63, 3.8) is 0 Å². The van der Waals surface area contributed by atoms with Crippen LogP contribution in [0.25, 0.3) is 0 Å². The molecule has 2 bridgehead atoms. The summed E-state index contributed by atoms with van der Waals surface area (Å²) in [6.45, 7) is 9.15. The van der Waals surface area contributed by atoms with Crippen molar-refractivity contribution in [3.8, 4) is 0 Å². The van der Waals surface area contributed by atoms with Crippen LogP contribution >= 0.6 is 12.4 Å². The maximum atomic E-state index is 3.50. The molecule has 0 amide bonds. The monoisotopic (exact) mass is 299 g/mol. The number of fused-ring (bicyclic) bond motifs is 2. The first-order valence-corrected chi connectivity index (χ1v) is 8.55. The molecule has 0 aromatic carbocycles. The van der Waals surface area contributed by atoms with Crippen LogP contribution in [0.2, 0.25) is 0 Å². The van der Waals surface area contributed by atoms with Gasteiger partial charge in [0.2, 0.25) is 0 Å². The molecule has 2 aliphatic heterocycles. The van der Waals surface area contributed by atoms with Crippen LogP contribution in [0.1, 0.15) is 32.1 Å². The molecule has 0 radical (unpaired) electrons. The molecule has 0 aromatic rings. The summed E-state index contributed by atoms with van der Waals surface area (Å²) < 4.78 is 0. The maximum Gasteiger partial charge on any atom is 0.0233 e. The summed E-state index contributed by atoms with van der Waals surface area (Å²) in [4.78, 5) is 5.50. The average molecular weight is 300 g/mol. The van der Waals surface area contributed by atoms with E-state index in [2.05, 4.69) is 15.1 Å². The number of nitrogens with one attached hydrogen (secondary N) is 1. The zero-order valence-electron chi connectivity index (χ0n) is 12.6. The molecule has 116 valence electrons. The van der Waals surface area contributed by atoms with Gasteiger partial charge in [-0.2, -0.15) is 0 Å². The van der Waals surface area contributed by atoms with Crippen LogP contribution in [0.15, 0.2) is 0 Å². The maximum absolute atomic E-state index is 3.50. The van der Waals surface area contributed by atoms with Crippen LogP contribution in [-0.4, -0.2) is 61.7 Å². The van der Waals surface area contributed by atoms with Crippen molar-refractivity contribution >= 4 is 12.4 Å². The molecule has 3 nitrogen and oxygen atoms in total. The molecular weight excluding hydrogens is 270 g/mol. The van der Waals surface area contributed by atoms with E-state index in [1.165, 1.54) is 52.2 Å². The van der Waals surface area contributed by atoms with E-state index in [9.17, 15) is 0 Å². The van der Waals surface area contributed by atoms with E-state index in [1.807, 2.05) is 0 Å². The first-order valence-electron chi connectivity index (χ1n) is 8.55. The van der Waals surface area contributed by atoms with Gasteiger partial charge in [-0.05, 0) is 50.0 Å². The third kappa shape index (κ3) is 3.01. The Morgan fingerprint density at radius 3 is 2.40 bits per heavy atom. The largest absolute Gasteiger partial charge is 0.315 e. The third-order valence-electron chi connectivity index (χ3n) is 6.33. The second kappa shape index (κ2) is 6.51. The van der Waals surface area contributed by atoms with Gasteiger partial charge in [0.15, 0.2) is 0 Å². The first-order chi connectivity index (χ1) is 9.38. The number of piperazine rings is 1. The molecule has 4 rings (SSSR count). The van der Waals surface area contributed by atoms with Crippen molar-refractivity contribution in [1.29, 1.82) is 0 Å². The van der Waals surface area contributed by atoms with Crippen LogP contribution in [0.4, 0.5) is 0 Å².